The van der Waals surface area contributed by atoms with E-state index in [4.69, 9.17) is 21.4 Å². The highest BCUT2D eigenvalue weighted by atomic mass is 35.5. The molecule has 1 saturated heterocycles. The molecule has 5 nitrogen and oxygen atoms in total. The fourth-order valence-corrected chi connectivity index (χ4v) is 2.21. The fourth-order valence-electron chi connectivity index (χ4n) is 2.09. The first-order valence-electron chi connectivity index (χ1n) is 6.34. The summed E-state index contributed by atoms with van der Waals surface area (Å²) in [6, 6.07) is 5.22. The first kappa shape index (κ1) is 14.7. The van der Waals surface area contributed by atoms with Gasteiger partial charge in [0.2, 0.25) is 0 Å². The lowest BCUT2D eigenvalue weighted by Crippen LogP contribution is -2.52. The van der Waals surface area contributed by atoms with Gasteiger partial charge in [-0.25, -0.2) is 0 Å². The van der Waals surface area contributed by atoms with Crippen molar-refractivity contribution in [3.63, 3.8) is 0 Å². The molecule has 1 aliphatic heterocycles. The summed E-state index contributed by atoms with van der Waals surface area (Å²) >= 11 is 5.90. The van der Waals surface area contributed by atoms with Gasteiger partial charge in [-0.2, -0.15) is 0 Å². The van der Waals surface area contributed by atoms with Crippen molar-refractivity contribution in [1.29, 1.82) is 0 Å². The van der Waals surface area contributed by atoms with E-state index < -0.39 is 5.97 Å². The molecule has 2 rings (SSSR count). The average molecular weight is 298 g/mol. The Balaban J connectivity index is 1.76. The third-order valence-electron chi connectivity index (χ3n) is 3.26. The molecule has 20 heavy (non-hydrogen) atoms. The largest absolute Gasteiger partial charge is 0.484 e. The molecule has 1 amide bonds. The molecule has 0 aromatic heterocycles. The molecule has 0 unspecified atom stereocenters. The maximum atomic E-state index is 11.8. The number of carboxylic acid groups (broad SMARTS) is 1. The van der Waals surface area contributed by atoms with Crippen molar-refractivity contribution in [2.24, 2.45) is 5.92 Å². The van der Waals surface area contributed by atoms with Crippen LogP contribution in [0, 0.1) is 12.8 Å². The van der Waals surface area contributed by atoms with Gasteiger partial charge in [0.15, 0.2) is 6.61 Å². The van der Waals surface area contributed by atoms with E-state index in [9.17, 15) is 9.59 Å². The Morgan fingerprint density at radius 3 is 2.75 bits per heavy atom. The molecule has 1 heterocycles. The van der Waals surface area contributed by atoms with Gasteiger partial charge in [-0.05, 0) is 30.7 Å². The number of carbonyl (C=O) groups is 2. The van der Waals surface area contributed by atoms with Crippen LogP contribution in [0.2, 0.25) is 5.02 Å². The van der Waals surface area contributed by atoms with E-state index in [1.165, 1.54) is 0 Å². The van der Waals surface area contributed by atoms with Crippen molar-refractivity contribution in [3.8, 4) is 5.75 Å². The number of amides is 1. The number of benzene rings is 1. The zero-order valence-electron chi connectivity index (χ0n) is 11.1. The first-order chi connectivity index (χ1) is 9.45. The lowest BCUT2D eigenvalue weighted by Gasteiger charge is -2.38. The van der Waals surface area contributed by atoms with E-state index in [1.54, 1.807) is 23.1 Å². The molecule has 108 valence electrons. The van der Waals surface area contributed by atoms with Crippen LogP contribution in [0.1, 0.15) is 12.0 Å². The molecular weight excluding hydrogens is 282 g/mol. The van der Waals surface area contributed by atoms with Gasteiger partial charge >= 0.3 is 5.97 Å². The van der Waals surface area contributed by atoms with Gasteiger partial charge in [-0.15, -0.1) is 0 Å². The minimum Gasteiger partial charge on any atom is -0.484 e. The Bertz CT molecular complexity index is 526. The quantitative estimate of drug-likeness (QED) is 0.902. The smallest absolute Gasteiger partial charge is 0.303 e. The number of ether oxygens (including phenoxy) is 1. The van der Waals surface area contributed by atoms with Crippen LogP contribution < -0.4 is 4.74 Å². The Hall–Kier alpha value is -1.75. The Morgan fingerprint density at radius 2 is 2.15 bits per heavy atom. The molecule has 1 aromatic carbocycles. The molecule has 1 aromatic rings. The number of hydrogen-bond donors (Lipinski definition) is 1. The molecule has 1 aliphatic rings. The van der Waals surface area contributed by atoms with Gasteiger partial charge in [0.1, 0.15) is 5.75 Å². The van der Waals surface area contributed by atoms with E-state index in [0.717, 1.165) is 5.56 Å². The Kier molecular flexibility index (Phi) is 4.49. The summed E-state index contributed by atoms with van der Waals surface area (Å²) in [5.74, 6) is -0.286. The summed E-state index contributed by atoms with van der Waals surface area (Å²) in [6.07, 6.45) is 0.112. The lowest BCUT2D eigenvalue weighted by molar-refractivity contribution is -0.146. The number of carbonyl (C=O) groups excluding carboxylic acids is 1. The molecule has 0 aliphatic carbocycles. The lowest BCUT2D eigenvalue weighted by atomic mass is 9.96. The number of hydrogen-bond acceptors (Lipinski definition) is 3. The van der Waals surface area contributed by atoms with Gasteiger partial charge in [-0.3, -0.25) is 9.59 Å². The normalized spacial score (nSPS) is 14.8. The molecule has 0 spiro atoms. The third kappa shape index (κ3) is 3.63. The SMILES string of the molecule is Cc1cc(OCC(=O)N2CC(CC(=O)O)C2)ccc1Cl. The number of nitrogens with zero attached hydrogens (tertiary/aromatic N) is 1. The van der Waals surface area contributed by atoms with E-state index >= 15 is 0 Å². The Morgan fingerprint density at radius 1 is 1.45 bits per heavy atom. The monoisotopic (exact) mass is 297 g/mol. The minimum absolute atomic E-state index is 0.0408. The standard InChI is InChI=1S/C14H16ClNO4/c1-9-4-11(2-3-12(9)15)20-8-13(17)16-6-10(7-16)5-14(18)19/h2-4,10H,5-8H2,1H3,(H,18,19). The zero-order valence-corrected chi connectivity index (χ0v) is 11.9. The van der Waals surface area contributed by atoms with E-state index in [2.05, 4.69) is 0 Å². The Labute approximate surface area is 122 Å². The van der Waals surface area contributed by atoms with E-state index in [1.807, 2.05) is 6.92 Å². The van der Waals surface area contributed by atoms with Crippen LogP contribution in [0.3, 0.4) is 0 Å². The molecule has 6 heteroatoms. The molecule has 1 fully saturated rings. The summed E-state index contributed by atoms with van der Waals surface area (Å²) in [5.41, 5.74) is 0.891. The van der Waals surface area contributed by atoms with Crippen molar-refractivity contribution in [3.05, 3.63) is 28.8 Å². The van der Waals surface area contributed by atoms with Crippen LogP contribution in [-0.2, 0) is 9.59 Å². The van der Waals surface area contributed by atoms with Crippen LogP contribution in [-0.4, -0.2) is 41.6 Å². The number of halogens is 1. The van der Waals surface area contributed by atoms with E-state index in [-0.39, 0.29) is 24.9 Å². The fraction of sp³-hybridized carbons (Fsp3) is 0.429. The van der Waals surface area contributed by atoms with Crippen LogP contribution in [0.25, 0.3) is 0 Å². The predicted molar refractivity (Wildman–Crippen MR) is 74.0 cm³/mol. The van der Waals surface area contributed by atoms with Crippen LogP contribution in [0.15, 0.2) is 18.2 Å². The summed E-state index contributed by atoms with van der Waals surface area (Å²) in [4.78, 5) is 23.9. The summed E-state index contributed by atoms with van der Waals surface area (Å²) in [6.45, 7) is 2.81. The minimum atomic E-state index is -0.824. The number of carboxylic acids is 1. The number of likely N-dealkylation sites (tertiary alicyclic amines) is 1. The average Bonchev–Trinajstić information content (AvgIpc) is 2.34. The van der Waals surface area contributed by atoms with Gasteiger partial charge in [0, 0.05) is 24.0 Å². The van der Waals surface area contributed by atoms with Gasteiger partial charge in [0.05, 0.1) is 6.42 Å². The molecule has 0 saturated carbocycles. The van der Waals surface area contributed by atoms with Gasteiger partial charge in [0.25, 0.3) is 5.91 Å². The van der Waals surface area contributed by atoms with Crippen molar-refractivity contribution < 1.29 is 19.4 Å². The molecule has 0 atom stereocenters. The summed E-state index contributed by atoms with van der Waals surface area (Å²) in [5, 5.41) is 9.29. The molecule has 0 radical (unpaired) electrons. The maximum absolute atomic E-state index is 11.8. The third-order valence-corrected chi connectivity index (χ3v) is 3.69. The predicted octanol–water partition coefficient (Wildman–Crippen LogP) is 1.96. The summed E-state index contributed by atoms with van der Waals surface area (Å²) in [7, 11) is 0. The number of rotatable bonds is 5. The molecule has 0 bridgehead atoms. The second-order valence-electron chi connectivity index (χ2n) is 4.96. The van der Waals surface area contributed by atoms with Gasteiger partial charge in [-0.1, -0.05) is 11.6 Å². The summed E-state index contributed by atoms with van der Waals surface area (Å²) < 4.78 is 5.41. The number of aryl methyl sites for hydroxylation is 1. The van der Waals surface area contributed by atoms with Crippen molar-refractivity contribution in [2.75, 3.05) is 19.7 Å². The molecule has 1 N–H and O–H groups in total. The van der Waals surface area contributed by atoms with Crippen molar-refractivity contribution in [2.45, 2.75) is 13.3 Å². The van der Waals surface area contributed by atoms with Crippen LogP contribution >= 0.6 is 11.6 Å². The van der Waals surface area contributed by atoms with Crippen molar-refractivity contribution >= 4 is 23.5 Å². The van der Waals surface area contributed by atoms with E-state index in [0.29, 0.717) is 23.9 Å². The van der Waals surface area contributed by atoms with Crippen molar-refractivity contribution in [1.82, 2.24) is 4.90 Å². The highest BCUT2D eigenvalue weighted by Gasteiger charge is 2.31. The highest BCUT2D eigenvalue weighted by Crippen LogP contribution is 2.22. The number of aliphatic carboxylic acids is 1. The highest BCUT2D eigenvalue weighted by molar-refractivity contribution is 6.31. The van der Waals surface area contributed by atoms with Crippen LogP contribution in [0.4, 0.5) is 0 Å². The zero-order chi connectivity index (χ0) is 14.7. The second-order valence-corrected chi connectivity index (χ2v) is 5.37. The maximum Gasteiger partial charge on any atom is 0.303 e. The van der Waals surface area contributed by atoms with Crippen LogP contribution in [0.5, 0.6) is 5.75 Å². The second kappa shape index (κ2) is 6.13. The topological polar surface area (TPSA) is 66.8 Å². The van der Waals surface area contributed by atoms with Gasteiger partial charge < -0.3 is 14.7 Å². The first-order valence-corrected chi connectivity index (χ1v) is 6.72. The molecular formula is C14H16ClNO4.